The largest absolute Gasteiger partial charge is 0.381 e. The fourth-order valence-corrected chi connectivity index (χ4v) is 2.79. The van der Waals surface area contributed by atoms with Gasteiger partial charge in [0.2, 0.25) is 5.91 Å². The summed E-state index contributed by atoms with van der Waals surface area (Å²) in [5, 5.41) is 3.39. The maximum absolute atomic E-state index is 12.3. The summed E-state index contributed by atoms with van der Waals surface area (Å²) in [5.41, 5.74) is 0. The maximum atomic E-state index is 12.3. The second-order valence-electron chi connectivity index (χ2n) is 5.20. The molecule has 1 amide bonds. The molecule has 4 heteroatoms. The van der Waals surface area contributed by atoms with Crippen molar-refractivity contribution in [1.82, 2.24) is 10.2 Å². The van der Waals surface area contributed by atoms with Crippen LogP contribution < -0.4 is 5.32 Å². The summed E-state index contributed by atoms with van der Waals surface area (Å²) >= 11 is 0. The van der Waals surface area contributed by atoms with Crippen LogP contribution in [0.15, 0.2) is 0 Å². The second-order valence-corrected chi connectivity index (χ2v) is 5.20. The Morgan fingerprint density at radius 3 is 2.88 bits per heavy atom. The van der Waals surface area contributed by atoms with Crippen LogP contribution in [0.3, 0.4) is 0 Å². The van der Waals surface area contributed by atoms with Crippen LogP contribution in [0.5, 0.6) is 0 Å². The van der Waals surface area contributed by atoms with E-state index in [1.807, 2.05) is 11.9 Å². The minimum absolute atomic E-state index is 0.102. The first-order valence-electron chi connectivity index (χ1n) is 6.84. The first-order valence-corrected chi connectivity index (χ1v) is 6.84. The molecule has 2 heterocycles. The lowest BCUT2D eigenvalue weighted by molar-refractivity contribution is -0.140. The van der Waals surface area contributed by atoms with Crippen molar-refractivity contribution in [3.05, 3.63) is 0 Å². The van der Waals surface area contributed by atoms with Gasteiger partial charge in [0.15, 0.2) is 0 Å². The van der Waals surface area contributed by atoms with Crippen LogP contribution in [-0.4, -0.2) is 50.2 Å². The molecule has 0 aliphatic carbocycles. The van der Waals surface area contributed by atoms with Crippen LogP contribution in [0.2, 0.25) is 0 Å². The third-order valence-electron chi connectivity index (χ3n) is 3.95. The molecule has 0 aromatic rings. The van der Waals surface area contributed by atoms with E-state index in [1.165, 1.54) is 6.42 Å². The predicted molar refractivity (Wildman–Crippen MR) is 66.8 cm³/mol. The molecule has 0 radical (unpaired) electrons. The summed E-state index contributed by atoms with van der Waals surface area (Å²) in [6, 6.07) is 0.416. The third kappa shape index (κ3) is 3.42. The van der Waals surface area contributed by atoms with Gasteiger partial charge in [0.1, 0.15) is 0 Å². The smallest absolute Gasteiger partial charge is 0.228 e. The van der Waals surface area contributed by atoms with Crippen molar-refractivity contribution in [1.29, 1.82) is 0 Å². The molecule has 2 saturated heterocycles. The van der Waals surface area contributed by atoms with Crippen LogP contribution in [0.1, 0.15) is 32.1 Å². The van der Waals surface area contributed by atoms with E-state index in [0.717, 1.165) is 45.4 Å². The Morgan fingerprint density at radius 2 is 2.12 bits per heavy atom. The number of rotatable bonds is 2. The molecule has 2 atom stereocenters. The quantitative estimate of drug-likeness (QED) is 0.783. The fraction of sp³-hybridized carbons (Fsp3) is 0.923. The highest BCUT2D eigenvalue weighted by atomic mass is 16.5. The molecule has 2 aliphatic heterocycles. The van der Waals surface area contributed by atoms with Gasteiger partial charge in [-0.05, 0) is 45.2 Å². The number of ether oxygens (including phenoxy) is 1. The van der Waals surface area contributed by atoms with E-state index in [9.17, 15) is 4.79 Å². The molecule has 0 aromatic carbocycles. The molecule has 2 unspecified atom stereocenters. The minimum Gasteiger partial charge on any atom is -0.381 e. The van der Waals surface area contributed by atoms with Gasteiger partial charge in [0, 0.05) is 19.7 Å². The molecular formula is C13H24N2O2. The fourth-order valence-electron chi connectivity index (χ4n) is 2.79. The van der Waals surface area contributed by atoms with Gasteiger partial charge in [0.25, 0.3) is 0 Å². The number of nitrogens with one attached hydrogen (secondary N) is 1. The van der Waals surface area contributed by atoms with Gasteiger partial charge in [-0.1, -0.05) is 0 Å². The number of hydrogen-bond acceptors (Lipinski definition) is 3. The highest BCUT2D eigenvalue weighted by Gasteiger charge is 2.28. The molecule has 4 nitrogen and oxygen atoms in total. The lowest BCUT2D eigenvalue weighted by Crippen LogP contribution is -2.43. The summed E-state index contributed by atoms with van der Waals surface area (Å²) < 4.78 is 5.41. The average Bonchev–Trinajstić information content (AvgIpc) is 2.67. The zero-order chi connectivity index (χ0) is 12.1. The van der Waals surface area contributed by atoms with Crippen molar-refractivity contribution in [3.8, 4) is 0 Å². The van der Waals surface area contributed by atoms with E-state index in [0.29, 0.717) is 12.6 Å². The second kappa shape index (κ2) is 6.36. The van der Waals surface area contributed by atoms with E-state index in [4.69, 9.17) is 4.74 Å². The maximum Gasteiger partial charge on any atom is 0.228 e. The van der Waals surface area contributed by atoms with Crippen LogP contribution in [0.4, 0.5) is 0 Å². The van der Waals surface area contributed by atoms with E-state index in [-0.39, 0.29) is 11.8 Å². The van der Waals surface area contributed by atoms with Crippen LogP contribution in [0.25, 0.3) is 0 Å². The molecule has 2 aliphatic rings. The van der Waals surface area contributed by atoms with E-state index in [1.54, 1.807) is 0 Å². The molecule has 0 spiro atoms. The van der Waals surface area contributed by atoms with Crippen LogP contribution >= 0.6 is 0 Å². The Morgan fingerprint density at radius 1 is 1.24 bits per heavy atom. The van der Waals surface area contributed by atoms with Crippen LogP contribution in [-0.2, 0) is 9.53 Å². The molecule has 0 aromatic heterocycles. The minimum atomic E-state index is 0.102. The topological polar surface area (TPSA) is 41.6 Å². The summed E-state index contributed by atoms with van der Waals surface area (Å²) in [7, 11) is 1.97. The lowest BCUT2D eigenvalue weighted by atomic mass is 9.99. The first kappa shape index (κ1) is 12.8. The van der Waals surface area contributed by atoms with Gasteiger partial charge >= 0.3 is 0 Å². The van der Waals surface area contributed by atoms with E-state index >= 15 is 0 Å². The van der Waals surface area contributed by atoms with Crippen molar-refractivity contribution in [2.45, 2.75) is 38.1 Å². The predicted octanol–water partition coefficient (Wildman–Crippen LogP) is 1.01. The molecule has 1 N–H and O–H groups in total. The van der Waals surface area contributed by atoms with Crippen LogP contribution in [0, 0.1) is 5.92 Å². The number of hydrogen-bond donors (Lipinski definition) is 1. The van der Waals surface area contributed by atoms with E-state index in [2.05, 4.69) is 5.32 Å². The van der Waals surface area contributed by atoms with Crippen molar-refractivity contribution in [3.63, 3.8) is 0 Å². The molecule has 17 heavy (non-hydrogen) atoms. The van der Waals surface area contributed by atoms with Gasteiger partial charge in [-0.25, -0.2) is 0 Å². The third-order valence-corrected chi connectivity index (χ3v) is 3.95. The summed E-state index contributed by atoms with van der Waals surface area (Å²) in [6.45, 7) is 3.56. The normalized spacial score (nSPS) is 30.6. The summed E-state index contributed by atoms with van der Waals surface area (Å²) in [5.74, 6) is 0.390. The molecular weight excluding hydrogens is 216 g/mol. The Bertz CT molecular complexity index is 244. The number of nitrogens with zero attached hydrogens (tertiary/aromatic N) is 1. The lowest BCUT2D eigenvalue weighted by Gasteiger charge is -2.32. The van der Waals surface area contributed by atoms with Gasteiger partial charge in [0.05, 0.1) is 12.5 Å². The Labute approximate surface area is 104 Å². The zero-order valence-corrected chi connectivity index (χ0v) is 10.8. The molecule has 98 valence electrons. The Hall–Kier alpha value is -0.610. The van der Waals surface area contributed by atoms with Gasteiger partial charge in [-0.15, -0.1) is 0 Å². The number of amides is 1. The Kier molecular flexibility index (Phi) is 4.80. The molecule has 2 fully saturated rings. The van der Waals surface area contributed by atoms with E-state index < -0.39 is 0 Å². The van der Waals surface area contributed by atoms with Gasteiger partial charge < -0.3 is 15.0 Å². The zero-order valence-electron chi connectivity index (χ0n) is 10.8. The molecule has 2 rings (SSSR count). The van der Waals surface area contributed by atoms with Gasteiger partial charge in [-0.3, -0.25) is 4.79 Å². The first-order chi connectivity index (χ1) is 8.29. The van der Waals surface area contributed by atoms with Crippen molar-refractivity contribution < 1.29 is 9.53 Å². The van der Waals surface area contributed by atoms with Crippen molar-refractivity contribution >= 4 is 5.91 Å². The summed E-state index contributed by atoms with van der Waals surface area (Å²) in [4.78, 5) is 14.3. The summed E-state index contributed by atoms with van der Waals surface area (Å²) in [6.07, 6.45) is 5.40. The average molecular weight is 240 g/mol. The van der Waals surface area contributed by atoms with Crippen molar-refractivity contribution in [2.75, 3.05) is 33.4 Å². The van der Waals surface area contributed by atoms with Gasteiger partial charge in [-0.2, -0.15) is 0 Å². The molecule has 0 bridgehead atoms. The Balaban J connectivity index is 1.88. The number of carbonyl (C=O) groups excluding carboxylic acids is 1. The molecule has 0 saturated carbocycles. The number of carbonyl (C=O) groups is 1. The highest BCUT2D eigenvalue weighted by molar-refractivity contribution is 5.79. The monoisotopic (exact) mass is 240 g/mol. The standard InChI is InChI=1S/C13H24N2O2/c1-15(12-5-2-7-14-8-6-12)13(16)11-4-3-9-17-10-11/h11-12,14H,2-10H2,1H3. The SMILES string of the molecule is CN(C(=O)C1CCCOC1)C1CCCNCC1. The highest BCUT2D eigenvalue weighted by Crippen LogP contribution is 2.19. The van der Waals surface area contributed by atoms with Crippen molar-refractivity contribution in [2.24, 2.45) is 5.92 Å².